The largest absolute Gasteiger partial charge is 0.311 e. The highest BCUT2D eigenvalue weighted by Crippen LogP contribution is 2.46. The number of rotatable bonds is 8. The molecular weight excluding hydrogens is 296 g/mol. The third kappa shape index (κ3) is 3.36. The molecule has 1 aliphatic rings. The maximum atomic E-state index is 12.5. The van der Waals surface area contributed by atoms with Crippen LogP contribution in [0.25, 0.3) is 0 Å². The van der Waals surface area contributed by atoms with Crippen LogP contribution in [0.2, 0.25) is 0 Å². The van der Waals surface area contributed by atoms with Crippen LogP contribution in [0.5, 0.6) is 0 Å². The predicted molar refractivity (Wildman–Crippen MR) is 81.4 cm³/mol. The van der Waals surface area contributed by atoms with Gasteiger partial charge in [-0.3, -0.25) is 5.10 Å². The highest BCUT2D eigenvalue weighted by molar-refractivity contribution is 8.00. The van der Waals surface area contributed by atoms with E-state index in [4.69, 9.17) is 0 Å². The van der Waals surface area contributed by atoms with Crippen LogP contribution in [-0.4, -0.2) is 42.7 Å². The zero-order valence-electron chi connectivity index (χ0n) is 12.1. The lowest BCUT2D eigenvalue weighted by atomic mass is 10.3. The molecule has 0 aliphatic heterocycles. The molecular formula is C12H22N4O2S2. The monoisotopic (exact) mass is 318 g/mol. The maximum absolute atomic E-state index is 12.5. The Labute approximate surface area is 124 Å². The van der Waals surface area contributed by atoms with Gasteiger partial charge in [-0.25, -0.2) is 13.1 Å². The van der Waals surface area contributed by atoms with Crippen molar-refractivity contribution in [2.75, 3.05) is 19.3 Å². The average Bonchev–Trinajstić information content (AvgIpc) is 3.11. The number of aryl methyl sites for hydroxylation is 1. The number of hydrogen-bond donors (Lipinski definition) is 3. The Kier molecular flexibility index (Phi) is 4.78. The fourth-order valence-electron chi connectivity index (χ4n) is 2.08. The van der Waals surface area contributed by atoms with Gasteiger partial charge in [-0.15, -0.1) is 0 Å². The number of thioether (sulfide) groups is 1. The molecule has 114 valence electrons. The minimum absolute atomic E-state index is 0.104. The quantitative estimate of drug-likeness (QED) is 0.666. The van der Waals surface area contributed by atoms with Crippen LogP contribution in [0, 0.1) is 6.92 Å². The summed E-state index contributed by atoms with van der Waals surface area (Å²) >= 11 is 1.74. The number of aromatic nitrogens is 2. The van der Waals surface area contributed by atoms with Crippen LogP contribution in [-0.2, 0) is 16.6 Å². The fraction of sp³-hybridized carbons (Fsp3) is 0.750. The summed E-state index contributed by atoms with van der Waals surface area (Å²) in [7, 11) is -3.51. The minimum atomic E-state index is -3.51. The van der Waals surface area contributed by atoms with E-state index < -0.39 is 10.0 Å². The molecule has 0 unspecified atom stereocenters. The number of hydrogen-bond acceptors (Lipinski definition) is 5. The average molecular weight is 318 g/mol. The first-order valence-electron chi connectivity index (χ1n) is 6.73. The molecule has 1 fully saturated rings. The highest BCUT2D eigenvalue weighted by Gasteiger charge is 2.42. The minimum Gasteiger partial charge on any atom is -0.311 e. The van der Waals surface area contributed by atoms with Crippen molar-refractivity contribution >= 4 is 21.8 Å². The molecule has 0 aromatic carbocycles. The van der Waals surface area contributed by atoms with Gasteiger partial charge in [0.2, 0.25) is 10.0 Å². The van der Waals surface area contributed by atoms with Gasteiger partial charge in [-0.1, -0.05) is 6.92 Å². The molecule has 0 amide bonds. The number of aromatic amines is 1. The molecule has 0 radical (unpaired) electrons. The van der Waals surface area contributed by atoms with Crippen LogP contribution in [0.4, 0.5) is 0 Å². The van der Waals surface area contributed by atoms with E-state index in [-0.39, 0.29) is 9.64 Å². The van der Waals surface area contributed by atoms with Crippen molar-refractivity contribution in [2.45, 2.75) is 42.9 Å². The molecule has 1 saturated carbocycles. The normalized spacial score (nSPS) is 17.4. The lowest BCUT2D eigenvalue weighted by Crippen LogP contribution is -2.32. The summed E-state index contributed by atoms with van der Waals surface area (Å²) in [6.45, 7) is 5.42. The number of sulfonamides is 1. The Morgan fingerprint density at radius 3 is 2.70 bits per heavy atom. The van der Waals surface area contributed by atoms with E-state index >= 15 is 0 Å². The number of nitrogens with zero attached hydrogens (tertiary/aromatic N) is 1. The number of H-pyrrole nitrogens is 1. The first-order chi connectivity index (χ1) is 9.44. The fourth-order valence-corrected chi connectivity index (χ4v) is 4.39. The summed E-state index contributed by atoms with van der Waals surface area (Å²) in [6.07, 6.45) is 4.18. The topological polar surface area (TPSA) is 86.9 Å². The van der Waals surface area contributed by atoms with E-state index in [0.717, 1.165) is 19.4 Å². The third-order valence-corrected chi connectivity index (χ3v) is 6.62. The van der Waals surface area contributed by atoms with Crippen LogP contribution in [0.1, 0.15) is 31.2 Å². The molecule has 2 rings (SSSR count). The van der Waals surface area contributed by atoms with Gasteiger partial charge >= 0.3 is 0 Å². The summed E-state index contributed by atoms with van der Waals surface area (Å²) in [5.74, 6) is 0. The molecule has 20 heavy (non-hydrogen) atoms. The van der Waals surface area contributed by atoms with Crippen LogP contribution in [0.3, 0.4) is 0 Å². The van der Waals surface area contributed by atoms with Gasteiger partial charge in [0.1, 0.15) is 4.90 Å². The van der Waals surface area contributed by atoms with Crippen molar-refractivity contribution < 1.29 is 8.42 Å². The molecule has 0 bridgehead atoms. The molecule has 8 heteroatoms. The van der Waals surface area contributed by atoms with Gasteiger partial charge in [-0.2, -0.15) is 16.9 Å². The van der Waals surface area contributed by atoms with Crippen molar-refractivity contribution in [3.05, 3.63) is 11.4 Å². The molecule has 3 N–H and O–H groups in total. The van der Waals surface area contributed by atoms with E-state index in [0.29, 0.717) is 24.5 Å². The van der Waals surface area contributed by atoms with E-state index in [9.17, 15) is 8.42 Å². The second kappa shape index (κ2) is 6.05. The van der Waals surface area contributed by atoms with Crippen LogP contribution >= 0.6 is 11.8 Å². The summed E-state index contributed by atoms with van der Waals surface area (Å²) in [4.78, 5) is 0.287. The summed E-state index contributed by atoms with van der Waals surface area (Å²) < 4.78 is 27.8. The van der Waals surface area contributed by atoms with Crippen molar-refractivity contribution in [3.8, 4) is 0 Å². The van der Waals surface area contributed by atoms with Gasteiger partial charge in [0.25, 0.3) is 0 Å². The second-order valence-corrected chi connectivity index (χ2v) is 8.09. The molecule has 6 nitrogen and oxygen atoms in total. The smallest absolute Gasteiger partial charge is 0.244 e. The second-order valence-electron chi connectivity index (χ2n) is 5.12. The van der Waals surface area contributed by atoms with E-state index in [1.165, 1.54) is 0 Å². The Morgan fingerprint density at radius 2 is 2.15 bits per heavy atom. The standard InChI is InChI=1S/C12H22N4O2S2/c1-4-13-7-10-11(9(2)15-16-10)20(17,18)14-8-12(19-3)5-6-12/h13-14H,4-8H2,1-3H3,(H,15,16). The van der Waals surface area contributed by atoms with Gasteiger partial charge < -0.3 is 5.32 Å². The molecule has 1 aromatic rings. The third-order valence-electron chi connectivity index (χ3n) is 3.60. The Morgan fingerprint density at radius 1 is 1.45 bits per heavy atom. The Hall–Kier alpha value is -0.570. The van der Waals surface area contributed by atoms with Crippen LogP contribution in [0.15, 0.2) is 4.90 Å². The van der Waals surface area contributed by atoms with E-state index in [1.54, 1.807) is 18.7 Å². The van der Waals surface area contributed by atoms with Crippen molar-refractivity contribution in [1.82, 2.24) is 20.2 Å². The Bertz CT molecular complexity index is 564. The lowest BCUT2D eigenvalue weighted by molar-refractivity contribution is 0.576. The molecule has 0 spiro atoms. The Balaban J connectivity index is 2.14. The molecule has 0 saturated heterocycles. The lowest BCUT2D eigenvalue weighted by Gasteiger charge is -2.14. The SMILES string of the molecule is CCNCc1n[nH]c(C)c1S(=O)(=O)NCC1(SC)CC1. The summed E-state index contributed by atoms with van der Waals surface area (Å²) in [5, 5.41) is 9.96. The summed E-state index contributed by atoms with van der Waals surface area (Å²) in [5.41, 5.74) is 1.13. The molecule has 1 heterocycles. The maximum Gasteiger partial charge on any atom is 0.244 e. The summed E-state index contributed by atoms with van der Waals surface area (Å²) in [6, 6.07) is 0. The van der Waals surface area contributed by atoms with Crippen molar-refractivity contribution in [2.24, 2.45) is 0 Å². The predicted octanol–water partition coefficient (Wildman–Crippen LogP) is 1.00. The van der Waals surface area contributed by atoms with Crippen molar-refractivity contribution in [3.63, 3.8) is 0 Å². The van der Waals surface area contributed by atoms with E-state index in [2.05, 4.69) is 20.2 Å². The van der Waals surface area contributed by atoms with Crippen LogP contribution < -0.4 is 10.0 Å². The first kappa shape index (κ1) is 15.8. The number of nitrogens with one attached hydrogen (secondary N) is 3. The first-order valence-corrected chi connectivity index (χ1v) is 9.44. The molecule has 1 aliphatic carbocycles. The van der Waals surface area contributed by atoms with Gasteiger partial charge in [0, 0.05) is 17.8 Å². The van der Waals surface area contributed by atoms with Crippen molar-refractivity contribution in [1.29, 1.82) is 0 Å². The molecule has 0 atom stereocenters. The zero-order valence-corrected chi connectivity index (χ0v) is 13.7. The van der Waals surface area contributed by atoms with Gasteiger partial charge in [0.15, 0.2) is 0 Å². The van der Waals surface area contributed by atoms with E-state index in [1.807, 2.05) is 13.2 Å². The zero-order chi connectivity index (χ0) is 14.8. The van der Waals surface area contributed by atoms with Gasteiger partial charge in [0.05, 0.1) is 11.4 Å². The highest BCUT2D eigenvalue weighted by atomic mass is 32.2. The molecule has 1 aromatic heterocycles. The van der Waals surface area contributed by atoms with Gasteiger partial charge in [-0.05, 0) is 32.6 Å².